The summed E-state index contributed by atoms with van der Waals surface area (Å²) in [6.07, 6.45) is 10.2. The molecule has 5 N–H and O–H groups in total. The topological polar surface area (TPSA) is 91.0 Å². The Balaban J connectivity index is 1.34. The van der Waals surface area contributed by atoms with Crippen LogP contribution in [-0.2, 0) is 0 Å². The van der Waals surface area contributed by atoms with E-state index in [0.29, 0.717) is 18.9 Å². The van der Waals surface area contributed by atoms with E-state index in [0.717, 1.165) is 74.4 Å². The number of hydrogen-bond acceptors (Lipinski definition) is 6. The van der Waals surface area contributed by atoms with E-state index in [4.69, 9.17) is 10.5 Å². The molecule has 0 spiro atoms. The van der Waals surface area contributed by atoms with E-state index in [1.54, 1.807) is 12.1 Å². The van der Waals surface area contributed by atoms with Gasteiger partial charge >= 0.3 is 0 Å². The molecule has 3 aliphatic rings. The zero-order chi connectivity index (χ0) is 25.7. The maximum atomic E-state index is 9.89. The van der Waals surface area contributed by atoms with E-state index >= 15 is 0 Å². The number of ether oxygens (including phenoxy) is 1. The Morgan fingerprint density at radius 2 is 1.84 bits per heavy atom. The number of aliphatic hydroxyl groups is 1. The fraction of sp³-hybridized carbons (Fsp3) is 0.419. The number of phenols is 1. The molecule has 6 nitrogen and oxygen atoms in total. The first-order valence-corrected chi connectivity index (χ1v) is 13.5. The molecule has 2 heterocycles. The van der Waals surface area contributed by atoms with E-state index < -0.39 is 0 Å². The number of aliphatic hydroxyl groups excluding tert-OH is 1. The van der Waals surface area contributed by atoms with Gasteiger partial charge in [0.1, 0.15) is 18.1 Å². The zero-order valence-electron chi connectivity index (χ0n) is 21.5. The van der Waals surface area contributed by atoms with Gasteiger partial charge in [-0.2, -0.15) is 0 Å². The van der Waals surface area contributed by atoms with Crippen LogP contribution in [0.4, 0.5) is 0 Å². The van der Waals surface area contributed by atoms with Crippen LogP contribution < -0.4 is 15.8 Å². The van der Waals surface area contributed by atoms with Gasteiger partial charge in [-0.15, -0.1) is 0 Å². The van der Waals surface area contributed by atoms with Gasteiger partial charge in [0, 0.05) is 50.8 Å². The van der Waals surface area contributed by atoms with Crippen molar-refractivity contribution in [3.05, 3.63) is 89.0 Å². The van der Waals surface area contributed by atoms with E-state index in [1.165, 1.54) is 11.1 Å². The summed E-state index contributed by atoms with van der Waals surface area (Å²) in [5, 5.41) is 22.9. The summed E-state index contributed by atoms with van der Waals surface area (Å²) in [4.78, 5) is 2.42. The van der Waals surface area contributed by atoms with Gasteiger partial charge < -0.3 is 26.0 Å². The molecule has 2 aliphatic heterocycles. The number of hydrogen-bond donors (Lipinski definition) is 4. The Morgan fingerprint density at radius 3 is 2.51 bits per heavy atom. The lowest BCUT2D eigenvalue weighted by Crippen LogP contribution is -2.48. The lowest BCUT2D eigenvalue weighted by Gasteiger charge is -2.22. The molecule has 2 fully saturated rings. The quantitative estimate of drug-likeness (QED) is 0.395. The Morgan fingerprint density at radius 1 is 1.08 bits per heavy atom. The lowest BCUT2D eigenvalue weighted by molar-refractivity contribution is 0.226. The van der Waals surface area contributed by atoms with Crippen molar-refractivity contribution in [3.63, 3.8) is 0 Å². The molecule has 0 radical (unpaired) electrons. The summed E-state index contributed by atoms with van der Waals surface area (Å²) in [7, 11) is 0. The van der Waals surface area contributed by atoms with Crippen LogP contribution in [-0.4, -0.2) is 66.6 Å². The van der Waals surface area contributed by atoms with Crippen LogP contribution in [0.15, 0.2) is 77.9 Å². The van der Waals surface area contributed by atoms with Crippen LogP contribution in [0.5, 0.6) is 11.5 Å². The van der Waals surface area contributed by atoms with Crippen molar-refractivity contribution >= 4 is 5.57 Å². The Bertz CT molecular complexity index is 1150. The molecule has 2 saturated heterocycles. The van der Waals surface area contributed by atoms with E-state index in [1.807, 2.05) is 24.3 Å². The second-order valence-corrected chi connectivity index (χ2v) is 10.5. The van der Waals surface area contributed by atoms with Gasteiger partial charge in [-0.3, -0.25) is 4.90 Å². The van der Waals surface area contributed by atoms with Gasteiger partial charge in [0.2, 0.25) is 0 Å². The van der Waals surface area contributed by atoms with Gasteiger partial charge in [0.05, 0.1) is 0 Å². The molecule has 37 heavy (non-hydrogen) atoms. The van der Waals surface area contributed by atoms with Crippen molar-refractivity contribution in [1.82, 2.24) is 10.2 Å². The Kier molecular flexibility index (Phi) is 8.11. The van der Waals surface area contributed by atoms with Gasteiger partial charge in [-0.05, 0) is 77.8 Å². The smallest absolute Gasteiger partial charge is 0.119 e. The average molecular weight is 502 g/mol. The fourth-order valence-electron chi connectivity index (χ4n) is 5.88. The maximum Gasteiger partial charge on any atom is 0.119 e. The highest BCUT2D eigenvalue weighted by molar-refractivity contribution is 5.85. The number of aromatic hydroxyl groups is 1. The number of benzene rings is 2. The number of rotatable bonds is 10. The van der Waals surface area contributed by atoms with Crippen LogP contribution in [0.3, 0.4) is 0 Å². The van der Waals surface area contributed by atoms with Crippen molar-refractivity contribution in [3.8, 4) is 11.5 Å². The molecule has 6 heteroatoms. The molecule has 0 aromatic heterocycles. The monoisotopic (exact) mass is 501 g/mol. The second-order valence-electron chi connectivity index (χ2n) is 10.5. The predicted molar refractivity (Wildman–Crippen MR) is 149 cm³/mol. The molecule has 1 aliphatic carbocycles. The van der Waals surface area contributed by atoms with E-state index in [2.05, 4.69) is 40.6 Å². The fourth-order valence-corrected chi connectivity index (χ4v) is 5.88. The van der Waals surface area contributed by atoms with Crippen molar-refractivity contribution < 1.29 is 14.9 Å². The third-order valence-electron chi connectivity index (χ3n) is 7.86. The number of allylic oxidation sites excluding steroid dienone is 5. The predicted octanol–water partition coefficient (Wildman–Crippen LogP) is 3.85. The molecule has 0 bridgehead atoms. The molecule has 5 rings (SSSR count). The molecule has 0 unspecified atom stereocenters. The van der Waals surface area contributed by atoms with Crippen LogP contribution in [0.25, 0.3) is 5.57 Å². The second kappa shape index (κ2) is 11.7. The molecular weight excluding hydrogens is 462 g/mol. The highest BCUT2D eigenvalue weighted by Gasteiger charge is 2.46. The van der Waals surface area contributed by atoms with Crippen LogP contribution in [0.1, 0.15) is 36.8 Å². The van der Waals surface area contributed by atoms with Crippen molar-refractivity contribution in [2.45, 2.75) is 31.2 Å². The highest BCUT2D eigenvalue weighted by Crippen LogP contribution is 2.36. The number of nitrogens with two attached hydrogens (primary N) is 1. The first-order valence-electron chi connectivity index (χ1n) is 13.5. The van der Waals surface area contributed by atoms with E-state index in [9.17, 15) is 10.2 Å². The van der Waals surface area contributed by atoms with Gasteiger partial charge in [0.25, 0.3) is 0 Å². The number of fused-ring (bicyclic) bond motifs is 1. The molecule has 196 valence electrons. The third-order valence-corrected chi connectivity index (χ3v) is 7.86. The van der Waals surface area contributed by atoms with Gasteiger partial charge in [-0.1, -0.05) is 42.5 Å². The van der Waals surface area contributed by atoms with Crippen molar-refractivity contribution in [2.75, 3.05) is 45.9 Å². The van der Waals surface area contributed by atoms with Gasteiger partial charge in [-0.25, -0.2) is 0 Å². The van der Waals surface area contributed by atoms with E-state index in [-0.39, 0.29) is 17.9 Å². The third kappa shape index (κ3) is 5.99. The van der Waals surface area contributed by atoms with Crippen LogP contribution >= 0.6 is 0 Å². The minimum absolute atomic E-state index is 0.0880. The Hall–Kier alpha value is -2.90. The zero-order valence-corrected chi connectivity index (χ0v) is 21.5. The lowest BCUT2D eigenvalue weighted by atomic mass is 9.85. The first kappa shape index (κ1) is 25.7. The van der Waals surface area contributed by atoms with Crippen LogP contribution in [0, 0.1) is 5.92 Å². The summed E-state index contributed by atoms with van der Waals surface area (Å²) < 4.78 is 6.12. The maximum absolute atomic E-state index is 9.89. The number of likely N-dealkylation sites (tertiary alicyclic amines) is 1. The molecule has 2 aromatic rings. The normalized spacial score (nSPS) is 24.1. The largest absolute Gasteiger partial charge is 0.508 e. The highest BCUT2D eigenvalue weighted by atomic mass is 16.5. The molecular formula is C31H39N3O3. The summed E-state index contributed by atoms with van der Waals surface area (Å²) >= 11 is 0. The number of phenolic OH excluding ortho intramolecular Hbond substituents is 1. The summed E-state index contributed by atoms with van der Waals surface area (Å²) in [6, 6.07) is 15.7. The summed E-state index contributed by atoms with van der Waals surface area (Å²) in [6.45, 7) is 5.54. The number of nitrogens with one attached hydrogen (secondary N) is 1. The first-order chi connectivity index (χ1) is 18.1. The summed E-state index contributed by atoms with van der Waals surface area (Å²) in [5.41, 5.74) is 12.2. The summed E-state index contributed by atoms with van der Waals surface area (Å²) in [5.74, 6) is 1.64. The minimum Gasteiger partial charge on any atom is -0.508 e. The molecule has 0 saturated carbocycles. The number of nitrogens with zero attached hydrogens (tertiary/aromatic N) is 1. The van der Waals surface area contributed by atoms with Crippen LogP contribution in [0.2, 0.25) is 0 Å². The van der Waals surface area contributed by atoms with Gasteiger partial charge in [0.15, 0.2) is 0 Å². The molecule has 2 aromatic carbocycles. The standard InChI is InChI=1S/C31H39N3O3/c32-31-21-33-19-26(31)20-34(22-31)16-18-37-28-14-10-25(11-15-28)30(24-8-12-27(36)13-9-24)29(7-4-17-35)23-5-2-1-3-6-23/h2,5-6,8-15,26,33,35-36H,1,3-4,7,16-22,32H2/b30-29-/t26-,31-/m0/s1. The average Bonchev–Trinajstić information content (AvgIpc) is 3.42. The molecule has 0 amide bonds. The van der Waals surface area contributed by atoms with Crippen molar-refractivity contribution in [2.24, 2.45) is 11.7 Å². The Labute approximate surface area is 220 Å². The SMILES string of the molecule is N[C@]12CNC[C@H]1CN(CCOc1ccc(/C(=C(/CCCO)C3=CCCC=C3)c3ccc(O)cc3)cc1)C2. The minimum atomic E-state index is -0.0880. The molecule has 2 atom stereocenters. The van der Waals surface area contributed by atoms with Crippen molar-refractivity contribution in [1.29, 1.82) is 0 Å².